The maximum absolute atomic E-state index is 10.1. The van der Waals surface area contributed by atoms with Gasteiger partial charge in [-0.3, -0.25) is 0 Å². The summed E-state index contributed by atoms with van der Waals surface area (Å²) in [5.74, 6) is -1.07. The minimum atomic E-state index is -1.07. The number of aliphatic hydroxyl groups excluding tert-OH is 3. The summed E-state index contributed by atoms with van der Waals surface area (Å²) >= 11 is 0. The van der Waals surface area contributed by atoms with Gasteiger partial charge in [-0.15, -0.1) is 0 Å². The molecule has 5 heteroatoms. The third kappa shape index (κ3) is 2.63. The second kappa shape index (κ2) is 5.20. The third-order valence-electron chi connectivity index (χ3n) is 3.67. The van der Waals surface area contributed by atoms with Crippen LogP contribution in [-0.2, 0) is 9.47 Å². The Balaban J connectivity index is 2.11. The predicted molar refractivity (Wildman–Crippen MR) is 60.3 cm³/mol. The summed E-state index contributed by atoms with van der Waals surface area (Å²) in [6, 6.07) is 0. The first-order chi connectivity index (χ1) is 8.07. The van der Waals surface area contributed by atoms with E-state index in [-0.39, 0.29) is 18.8 Å². The molecule has 0 aromatic rings. The van der Waals surface area contributed by atoms with Gasteiger partial charge in [0, 0.05) is 19.4 Å². The van der Waals surface area contributed by atoms with Crippen LogP contribution >= 0.6 is 0 Å². The highest BCUT2D eigenvalue weighted by Crippen LogP contribution is 2.40. The van der Waals surface area contributed by atoms with Gasteiger partial charge in [0.15, 0.2) is 5.79 Å². The molecule has 2 heterocycles. The number of ether oxygens (including phenoxy) is 2. The molecule has 1 spiro atoms. The third-order valence-corrected chi connectivity index (χ3v) is 3.67. The Morgan fingerprint density at radius 1 is 1.29 bits per heavy atom. The lowest BCUT2D eigenvalue weighted by Gasteiger charge is -2.49. The molecule has 2 aliphatic heterocycles. The van der Waals surface area contributed by atoms with E-state index in [2.05, 4.69) is 0 Å². The molecule has 17 heavy (non-hydrogen) atoms. The molecule has 0 aromatic carbocycles. The van der Waals surface area contributed by atoms with E-state index in [9.17, 15) is 10.2 Å². The van der Waals surface area contributed by atoms with E-state index < -0.39 is 18.0 Å². The van der Waals surface area contributed by atoms with Crippen molar-refractivity contribution < 1.29 is 24.8 Å². The van der Waals surface area contributed by atoms with Crippen molar-refractivity contribution in [2.24, 2.45) is 0 Å². The summed E-state index contributed by atoms with van der Waals surface area (Å²) in [6.07, 6.45) is 1.20. The molecule has 5 atom stereocenters. The van der Waals surface area contributed by atoms with Crippen LogP contribution in [0.25, 0.3) is 0 Å². The minimum absolute atomic E-state index is 0.0130. The van der Waals surface area contributed by atoms with Crippen LogP contribution in [0.3, 0.4) is 0 Å². The zero-order chi connectivity index (χ0) is 12.5. The zero-order valence-corrected chi connectivity index (χ0v) is 10.2. The monoisotopic (exact) mass is 246 g/mol. The van der Waals surface area contributed by atoms with Gasteiger partial charge < -0.3 is 24.8 Å². The molecule has 5 nitrogen and oxygen atoms in total. The summed E-state index contributed by atoms with van der Waals surface area (Å²) in [6.45, 7) is 1.96. The summed E-state index contributed by atoms with van der Waals surface area (Å²) in [5, 5.41) is 28.9. The molecule has 0 saturated carbocycles. The van der Waals surface area contributed by atoms with Gasteiger partial charge in [-0.1, -0.05) is 0 Å². The molecule has 3 N–H and O–H groups in total. The summed E-state index contributed by atoms with van der Waals surface area (Å²) in [5.41, 5.74) is 0. The van der Waals surface area contributed by atoms with E-state index in [0.29, 0.717) is 19.3 Å². The van der Waals surface area contributed by atoms with Gasteiger partial charge in [0.05, 0.1) is 18.3 Å². The molecule has 2 rings (SSSR count). The SMILES string of the molecule is CC1CCC[C@]2(O1)OC(CCO)CC(O)C2O. The normalized spacial score (nSPS) is 47.3. The van der Waals surface area contributed by atoms with E-state index in [1.54, 1.807) is 0 Å². The van der Waals surface area contributed by atoms with Gasteiger partial charge in [0.1, 0.15) is 6.10 Å². The molecule has 0 amide bonds. The van der Waals surface area contributed by atoms with Crippen LogP contribution in [0, 0.1) is 0 Å². The van der Waals surface area contributed by atoms with E-state index >= 15 is 0 Å². The van der Waals surface area contributed by atoms with Gasteiger partial charge in [-0.05, 0) is 26.2 Å². The summed E-state index contributed by atoms with van der Waals surface area (Å²) in [7, 11) is 0. The number of hydrogen-bond acceptors (Lipinski definition) is 5. The van der Waals surface area contributed by atoms with Crippen LogP contribution in [0.15, 0.2) is 0 Å². The largest absolute Gasteiger partial charge is 0.396 e. The number of rotatable bonds is 2. The smallest absolute Gasteiger partial charge is 0.197 e. The molecule has 0 aliphatic carbocycles. The Morgan fingerprint density at radius 3 is 2.71 bits per heavy atom. The molecule has 0 aromatic heterocycles. The average molecular weight is 246 g/mol. The number of aliphatic hydroxyl groups is 3. The Bertz CT molecular complexity index is 259. The maximum Gasteiger partial charge on any atom is 0.197 e. The first-order valence-corrected chi connectivity index (χ1v) is 6.40. The topological polar surface area (TPSA) is 79.2 Å². The van der Waals surface area contributed by atoms with Gasteiger partial charge in [0.25, 0.3) is 0 Å². The fraction of sp³-hybridized carbons (Fsp3) is 1.00. The first-order valence-electron chi connectivity index (χ1n) is 6.40. The lowest BCUT2D eigenvalue weighted by Crippen LogP contribution is -2.61. The average Bonchev–Trinajstić information content (AvgIpc) is 2.26. The Morgan fingerprint density at radius 2 is 2.06 bits per heavy atom. The maximum atomic E-state index is 10.1. The van der Waals surface area contributed by atoms with Crippen molar-refractivity contribution in [1.29, 1.82) is 0 Å². The second-order valence-electron chi connectivity index (χ2n) is 5.13. The lowest BCUT2D eigenvalue weighted by molar-refractivity contribution is -0.365. The fourth-order valence-corrected chi connectivity index (χ4v) is 2.81. The predicted octanol–water partition coefficient (Wildman–Crippen LogP) is 0.165. The van der Waals surface area contributed by atoms with E-state index in [4.69, 9.17) is 14.6 Å². The zero-order valence-electron chi connectivity index (χ0n) is 10.2. The molecule has 2 fully saturated rings. The quantitative estimate of drug-likeness (QED) is 0.647. The van der Waals surface area contributed by atoms with Gasteiger partial charge >= 0.3 is 0 Å². The highest BCUT2D eigenvalue weighted by atomic mass is 16.7. The van der Waals surface area contributed by atoms with Crippen LogP contribution in [0.4, 0.5) is 0 Å². The van der Waals surface area contributed by atoms with Crippen molar-refractivity contribution in [3.05, 3.63) is 0 Å². The lowest BCUT2D eigenvalue weighted by atomic mass is 9.88. The minimum Gasteiger partial charge on any atom is -0.396 e. The highest BCUT2D eigenvalue weighted by Gasteiger charge is 2.51. The van der Waals surface area contributed by atoms with Crippen molar-refractivity contribution in [3.63, 3.8) is 0 Å². The molecule has 2 saturated heterocycles. The van der Waals surface area contributed by atoms with Crippen molar-refractivity contribution >= 4 is 0 Å². The van der Waals surface area contributed by atoms with Gasteiger partial charge in [0.2, 0.25) is 0 Å². The molecule has 0 bridgehead atoms. The van der Waals surface area contributed by atoms with Crippen LogP contribution < -0.4 is 0 Å². The van der Waals surface area contributed by atoms with Gasteiger partial charge in [-0.2, -0.15) is 0 Å². The van der Waals surface area contributed by atoms with Crippen LogP contribution in [0.2, 0.25) is 0 Å². The summed E-state index contributed by atoms with van der Waals surface area (Å²) < 4.78 is 11.6. The second-order valence-corrected chi connectivity index (χ2v) is 5.13. The Labute approximate surface area is 101 Å². The van der Waals surface area contributed by atoms with E-state index in [1.165, 1.54) is 0 Å². The van der Waals surface area contributed by atoms with Crippen molar-refractivity contribution in [2.75, 3.05) is 6.61 Å². The summed E-state index contributed by atoms with van der Waals surface area (Å²) in [4.78, 5) is 0. The Kier molecular flexibility index (Phi) is 4.05. The Hall–Kier alpha value is -0.200. The standard InChI is InChI=1S/C12H22O5/c1-8-3-2-5-12(16-8)11(15)10(14)7-9(17-12)4-6-13/h8-11,13-15H,2-7H2,1H3/t8?,9?,10?,11?,12-/m0/s1. The van der Waals surface area contributed by atoms with Crippen molar-refractivity contribution in [2.45, 2.75) is 69.2 Å². The van der Waals surface area contributed by atoms with E-state index in [1.807, 2.05) is 6.92 Å². The van der Waals surface area contributed by atoms with E-state index in [0.717, 1.165) is 12.8 Å². The molecular formula is C12H22O5. The molecule has 2 aliphatic rings. The molecule has 4 unspecified atom stereocenters. The van der Waals surface area contributed by atoms with Crippen molar-refractivity contribution in [3.8, 4) is 0 Å². The van der Waals surface area contributed by atoms with Gasteiger partial charge in [-0.25, -0.2) is 0 Å². The first kappa shape index (κ1) is 13.2. The molecule has 100 valence electrons. The van der Waals surface area contributed by atoms with Crippen LogP contribution in [-0.4, -0.2) is 52.1 Å². The number of hydrogen-bond donors (Lipinski definition) is 3. The van der Waals surface area contributed by atoms with Crippen LogP contribution in [0.5, 0.6) is 0 Å². The fourth-order valence-electron chi connectivity index (χ4n) is 2.81. The van der Waals surface area contributed by atoms with Crippen molar-refractivity contribution in [1.82, 2.24) is 0 Å². The molecular weight excluding hydrogens is 224 g/mol. The van der Waals surface area contributed by atoms with Crippen LogP contribution in [0.1, 0.15) is 39.0 Å². The highest BCUT2D eigenvalue weighted by molar-refractivity contribution is 4.94. The molecule has 0 radical (unpaired) electrons.